The lowest BCUT2D eigenvalue weighted by Gasteiger charge is -2.31. The third-order valence-corrected chi connectivity index (χ3v) is 7.29. The van der Waals surface area contributed by atoms with E-state index in [4.69, 9.17) is 10.5 Å². The normalized spacial score (nSPS) is 19.9. The van der Waals surface area contributed by atoms with Gasteiger partial charge in [0.15, 0.2) is 5.17 Å². The SMILES string of the molecule is COc1ccc(Cn2ncc3cc(/C=C4\SC(N5CCCC(N)C5)=NC4=O)ccc32)c(C(F)(F)F)c1. The molecule has 2 aliphatic rings. The van der Waals surface area contributed by atoms with Gasteiger partial charge in [-0.3, -0.25) is 9.48 Å². The third kappa shape index (κ3) is 4.98. The number of aromatic nitrogens is 2. The molecule has 5 rings (SSSR count). The molecule has 1 amide bonds. The van der Waals surface area contributed by atoms with Gasteiger partial charge in [-0.05, 0) is 66.1 Å². The van der Waals surface area contributed by atoms with Gasteiger partial charge >= 0.3 is 6.18 Å². The monoisotopic (exact) mass is 515 g/mol. The Morgan fingerprint density at radius 1 is 1.25 bits per heavy atom. The third-order valence-electron chi connectivity index (χ3n) is 6.24. The number of thioether (sulfide) groups is 1. The molecule has 2 aliphatic heterocycles. The van der Waals surface area contributed by atoms with E-state index >= 15 is 0 Å². The maximum atomic E-state index is 13.6. The highest BCUT2D eigenvalue weighted by molar-refractivity contribution is 8.18. The highest BCUT2D eigenvalue weighted by atomic mass is 32.2. The molecule has 1 atom stereocenters. The molecule has 2 aromatic carbocycles. The van der Waals surface area contributed by atoms with Crippen LogP contribution in [0.1, 0.15) is 29.5 Å². The zero-order chi connectivity index (χ0) is 25.4. The van der Waals surface area contributed by atoms with Gasteiger partial charge in [0, 0.05) is 24.5 Å². The summed E-state index contributed by atoms with van der Waals surface area (Å²) in [5.41, 5.74) is 6.86. The number of nitrogens with zero attached hydrogens (tertiary/aromatic N) is 4. The van der Waals surface area contributed by atoms with Crippen molar-refractivity contribution < 1.29 is 22.7 Å². The smallest absolute Gasteiger partial charge is 0.416 e. The van der Waals surface area contributed by atoms with Gasteiger partial charge in [-0.25, -0.2) is 0 Å². The number of rotatable bonds is 4. The number of likely N-dealkylation sites (tertiary alicyclic amines) is 1. The number of methoxy groups -OCH3 is 1. The first-order valence-electron chi connectivity index (χ1n) is 11.4. The van der Waals surface area contributed by atoms with Gasteiger partial charge < -0.3 is 15.4 Å². The van der Waals surface area contributed by atoms with Crippen molar-refractivity contribution in [1.82, 2.24) is 14.7 Å². The van der Waals surface area contributed by atoms with Crippen molar-refractivity contribution in [2.24, 2.45) is 10.7 Å². The summed E-state index contributed by atoms with van der Waals surface area (Å²) in [5, 5.41) is 5.74. The fraction of sp³-hybridized carbons (Fsp3) is 0.320. The molecule has 0 saturated carbocycles. The number of alkyl halides is 3. The molecule has 7 nitrogen and oxygen atoms in total. The summed E-state index contributed by atoms with van der Waals surface area (Å²) in [6.07, 6.45) is 0.798. The molecule has 2 N–H and O–H groups in total. The maximum absolute atomic E-state index is 13.6. The Kier molecular flexibility index (Phi) is 6.52. The summed E-state index contributed by atoms with van der Waals surface area (Å²) in [6, 6.07) is 9.45. The van der Waals surface area contributed by atoms with Crippen LogP contribution in [0.2, 0.25) is 0 Å². The zero-order valence-electron chi connectivity index (χ0n) is 19.5. The Balaban J connectivity index is 1.37. The number of aliphatic imine (C=N–C) groups is 1. The Labute approximate surface area is 209 Å². The van der Waals surface area contributed by atoms with Gasteiger partial charge in [0.25, 0.3) is 5.91 Å². The van der Waals surface area contributed by atoms with Crippen molar-refractivity contribution in [3.63, 3.8) is 0 Å². The van der Waals surface area contributed by atoms with Crippen LogP contribution in [0.15, 0.2) is 52.5 Å². The van der Waals surface area contributed by atoms with Gasteiger partial charge in [0.2, 0.25) is 0 Å². The molecule has 188 valence electrons. The largest absolute Gasteiger partial charge is 0.497 e. The van der Waals surface area contributed by atoms with E-state index in [2.05, 4.69) is 15.0 Å². The van der Waals surface area contributed by atoms with Crippen LogP contribution in [0.25, 0.3) is 17.0 Å². The van der Waals surface area contributed by atoms with Crippen molar-refractivity contribution in [3.05, 3.63) is 64.2 Å². The predicted octanol–water partition coefficient (Wildman–Crippen LogP) is 4.51. The van der Waals surface area contributed by atoms with E-state index < -0.39 is 11.7 Å². The summed E-state index contributed by atoms with van der Waals surface area (Å²) in [6.45, 7) is 1.46. The molecule has 1 fully saturated rings. The average Bonchev–Trinajstić information content (AvgIpc) is 3.41. The molecular formula is C25H24F3N5O2S. The average molecular weight is 516 g/mol. The number of amidine groups is 1. The van der Waals surface area contributed by atoms with Gasteiger partial charge in [-0.1, -0.05) is 12.1 Å². The van der Waals surface area contributed by atoms with Crippen LogP contribution in [-0.2, 0) is 17.5 Å². The van der Waals surface area contributed by atoms with Crippen LogP contribution in [0.4, 0.5) is 13.2 Å². The summed E-state index contributed by atoms with van der Waals surface area (Å²) in [5.74, 6) is -0.146. The fourth-order valence-electron chi connectivity index (χ4n) is 4.44. The Hall–Kier alpha value is -3.31. The van der Waals surface area contributed by atoms with Gasteiger partial charge in [0.1, 0.15) is 5.75 Å². The number of nitrogens with two attached hydrogens (primary N) is 1. The van der Waals surface area contributed by atoms with E-state index in [-0.39, 0.29) is 29.8 Å². The van der Waals surface area contributed by atoms with Crippen molar-refractivity contribution in [2.45, 2.75) is 31.6 Å². The number of benzene rings is 2. The van der Waals surface area contributed by atoms with Gasteiger partial charge in [-0.15, -0.1) is 0 Å². The minimum atomic E-state index is -4.52. The minimum Gasteiger partial charge on any atom is -0.497 e. The Morgan fingerprint density at radius 2 is 2.08 bits per heavy atom. The fourth-order valence-corrected chi connectivity index (χ4v) is 5.38. The van der Waals surface area contributed by atoms with Crippen LogP contribution in [0.5, 0.6) is 5.75 Å². The second-order valence-corrected chi connectivity index (χ2v) is 9.81. The van der Waals surface area contributed by atoms with E-state index in [1.165, 1.54) is 35.7 Å². The van der Waals surface area contributed by atoms with Crippen LogP contribution >= 0.6 is 11.8 Å². The second-order valence-electron chi connectivity index (χ2n) is 8.80. The molecule has 11 heteroatoms. The molecular weight excluding hydrogens is 491 g/mol. The van der Waals surface area contributed by atoms with E-state index in [0.717, 1.165) is 36.4 Å². The molecule has 0 aliphatic carbocycles. The number of hydrogen-bond donors (Lipinski definition) is 1. The molecule has 0 radical (unpaired) electrons. The molecule has 3 heterocycles. The van der Waals surface area contributed by atoms with Crippen molar-refractivity contribution in [1.29, 1.82) is 0 Å². The number of carbonyl (C=O) groups excluding carboxylic acids is 1. The topological polar surface area (TPSA) is 85.7 Å². The van der Waals surface area contributed by atoms with Crippen LogP contribution < -0.4 is 10.5 Å². The summed E-state index contributed by atoms with van der Waals surface area (Å²) < 4.78 is 47.3. The zero-order valence-corrected chi connectivity index (χ0v) is 20.3. The number of hydrogen-bond acceptors (Lipinski definition) is 6. The molecule has 0 spiro atoms. The summed E-state index contributed by atoms with van der Waals surface area (Å²) in [7, 11) is 1.33. The lowest BCUT2D eigenvalue weighted by atomic mass is 10.1. The molecule has 36 heavy (non-hydrogen) atoms. The van der Waals surface area contributed by atoms with Crippen LogP contribution in [-0.4, -0.2) is 52.0 Å². The quantitative estimate of drug-likeness (QED) is 0.515. The predicted molar refractivity (Wildman–Crippen MR) is 134 cm³/mol. The van der Waals surface area contributed by atoms with Crippen molar-refractivity contribution in [2.75, 3.05) is 20.2 Å². The highest BCUT2D eigenvalue weighted by Gasteiger charge is 2.34. The van der Waals surface area contributed by atoms with E-state index in [9.17, 15) is 18.0 Å². The first-order valence-corrected chi connectivity index (χ1v) is 12.3. The molecule has 1 unspecified atom stereocenters. The lowest BCUT2D eigenvalue weighted by molar-refractivity contribution is -0.138. The maximum Gasteiger partial charge on any atom is 0.416 e. The molecule has 0 bridgehead atoms. The number of carbonyl (C=O) groups is 1. The van der Waals surface area contributed by atoms with E-state index in [0.29, 0.717) is 22.1 Å². The van der Waals surface area contributed by atoms with Crippen LogP contribution in [0.3, 0.4) is 0 Å². The first kappa shape index (κ1) is 24.4. The number of ether oxygens (including phenoxy) is 1. The molecule has 3 aromatic rings. The summed E-state index contributed by atoms with van der Waals surface area (Å²) in [4.78, 5) is 19.3. The molecule has 1 aromatic heterocycles. The first-order chi connectivity index (χ1) is 17.2. The Morgan fingerprint density at radius 3 is 2.83 bits per heavy atom. The molecule has 1 saturated heterocycles. The highest BCUT2D eigenvalue weighted by Crippen LogP contribution is 2.35. The van der Waals surface area contributed by atoms with Gasteiger partial charge in [0.05, 0.1) is 35.8 Å². The minimum absolute atomic E-state index is 0.0493. The van der Waals surface area contributed by atoms with Crippen LogP contribution in [0, 0.1) is 0 Å². The second kappa shape index (κ2) is 9.62. The van der Waals surface area contributed by atoms with Crippen molar-refractivity contribution in [3.8, 4) is 5.75 Å². The number of amides is 1. The van der Waals surface area contributed by atoms with Crippen molar-refractivity contribution >= 4 is 39.8 Å². The van der Waals surface area contributed by atoms with E-state index in [1.54, 1.807) is 18.3 Å². The van der Waals surface area contributed by atoms with E-state index in [1.807, 2.05) is 12.1 Å². The van der Waals surface area contributed by atoms with Gasteiger partial charge in [-0.2, -0.15) is 23.3 Å². The number of piperidine rings is 1. The number of halogens is 3. The Bertz CT molecular complexity index is 1380. The summed E-state index contributed by atoms with van der Waals surface area (Å²) >= 11 is 1.34. The standard InChI is InChI=1S/C25H24F3N5O2S/c1-35-19-6-5-16(20(11-19)25(26,27)28)13-33-21-7-4-15(9-17(21)12-30-33)10-22-23(34)31-24(36-22)32-8-2-3-18(29)14-32/h4-7,9-12,18H,2-3,8,13-14,29H2,1H3/b22-10-. The number of fused-ring (bicyclic) bond motifs is 1. The lowest BCUT2D eigenvalue weighted by Crippen LogP contribution is -2.44.